The van der Waals surface area contributed by atoms with Crippen molar-refractivity contribution in [3.8, 4) is 0 Å². The van der Waals surface area contributed by atoms with E-state index in [1.165, 1.54) is 0 Å². The third kappa shape index (κ3) is 3.22. The molecule has 2 nitrogen and oxygen atoms in total. The smallest absolute Gasteiger partial charge is 0.104 e. The summed E-state index contributed by atoms with van der Waals surface area (Å²) in [5, 5.41) is 10.7. The van der Waals surface area contributed by atoms with Crippen molar-refractivity contribution in [2.45, 2.75) is 23.5 Å². The van der Waals surface area contributed by atoms with E-state index in [1.54, 1.807) is 18.0 Å². The molecule has 88 valence electrons. The molecule has 2 rings (SSSR count). The Bertz CT molecular complexity index is 513. The van der Waals surface area contributed by atoms with Gasteiger partial charge in [-0.25, -0.2) is 4.98 Å². The Morgan fingerprint density at radius 3 is 2.59 bits per heavy atom. The van der Waals surface area contributed by atoms with Gasteiger partial charge in [0.15, 0.2) is 0 Å². The standard InChI is InChI=1S/C13H12ClNOS/c1-9-6-10(8-16)7-15-13(9)17-12-4-2-11(14)3-5-12/h2-7,16H,8H2,1H3. The maximum absolute atomic E-state index is 9.01. The molecule has 0 aliphatic heterocycles. The molecule has 0 aliphatic carbocycles. The lowest BCUT2D eigenvalue weighted by atomic mass is 10.2. The monoisotopic (exact) mass is 265 g/mol. The van der Waals surface area contributed by atoms with Crippen LogP contribution < -0.4 is 0 Å². The summed E-state index contributed by atoms with van der Waals surface area (Å²) in [5.74, 6) is 0. The molecule has 0 saturated heterocycles. The van der Waals surface area contributed by atoms with E-state index in [0.717, 1.165) is 26.1 Å². The highest BCUT2D eigenvalue weighted by molar-refractivity contribution is 7.99. The minimum Gasteiger partial charge on any atom is -0.392 e. The second kappa shape index (κ2) is 5.54. The summed E-state index contributed by atoms with van der Waals surface area (Å²) >= 11 is 7.42. The Morgan fingerprint density at radius 1 is 1.29 bits per heavy atom. The number of hydrogen-bond donors (Lipinski definition) is 1. The SMILES string of the molecule is Cc1cc(CO)cnc1Sc1ccc(Cl)cc1. The molecule has 4 heteroatoms. The summed E-state index contributed by atoms with van der Waals surface area (Å²) in [5.41, 5.74) is 1.90. The van der Waals surface area contributed by atoms with Gasteiger partial charge in [-0.05, 0) is 48.4 Å². The van der Waals surface area contributed by atoms with Gasteiger partial charge in [-0.2, -0.15) is 0 Å². The van der Waals surface area contributed by atoms with Gasteiger partial charge in [-0.3, -0.25) is 0 Å². The van der Waals surface area contributed by atoms with Crippen molar-refractivity contribution in [3.05, 3.63) is 52.7 Å². The number of aromatic nitrogens is 1. The second-order valence-corrected chi connectivity index (χ2v) is 5.18. The molecule has 0 amide bonds. The first-order chi connectivity index (χ1) is 8.19. The van der Waals surface area contributed by atoms with E-state index in [9.17, 15) is 0 Å². The van der Waals surface area contributed by atoms with Gasteiger partial charge < -0.3 is 5.11 Å². The van der Waals surface area contributed by atoms with E-state index in [2.05, 4.69) is 4.98 Å². The van der Waals surface area contributed by atoms with Crippen LogP contribution in [0.5, 0.6) is 0 Å². The van der Waals surface area contributed by atoms with Crippen molar-refractivity contribution >= 4 is 23.4 Å². The van der Waals surface area contributed by atoms with E-state index in [-0.39, 0.29) is 6.61 Å². The van der Waals surface area contributed by atoms with Gasteiger partial charge in [0, 0.05) is 16.1 Å². The molecule has 1 aromatic heterocycles. The normalized spacial score (nSPS) is 10.5. The van der Waals surface area contributed by atoms with Gasteiger partial charge >= 0.3 is 0 Å². The van der Waals surface area contributed by atoms with Gasteiger partial charge in [-0.15, -0.1) is 0 Å². The van der Waals surface area contributed by atoms with Gasteiger partial charge in [0.25, 0.3) is 0 Å². The fourth-order valence-corrected chi connectivity index (χ4v) is 2.37. The second-order valence-electron chi connectivity index (χ2n) is 3.68. The zero-order valence-corrected chi connectivity index (χ0v) is 10.9. The van der Waals surface area contributed by atoms with Gasteiger partial charge in [0.05, 0.1) is 6.61 Å². The molecule has 0 unspecified atom stereocenters. The minimum absolute atomic E-state index is 0.0275. The van der Waals surface area contributed by atoms with Crippen LogP contribution in [0.2, 0.25) is 5.02 Å². The van der Waals surface area contributed by atoms with Crippen LogP contribution in [0.1, 0.15) is 11.1 Å². The summed E-state index contributed by atoms with van der Waals surface area (Å²) in [4.78, 5) is 5.44. The van der Waals surface area contributed by atoms with Gasteiger partial charge in [0.2, 0.25) is 0 Å². The van der Waals surface area contributed by atoms with Crippen molar-refractivity contribution in [2.24, 2.45) is 0 Å². The topological polar surface area (TPSA) is 33.1 Å². The first kappa shape index (κ1) is 12.4. The molecule has 2 aromatic rings. The molecular formula is C13H12ClNOS. The first-order valence-corrected chi connectivity index (χ1v) is 6.38. The highest BCUT2D eigenvalue weighted by atomic mass is 35.5. The molecule has 0 bridgehead atoms. The van der Waals surface area contributed by atoms with Crippen LogP contribution in [0.15, 0.2) is 46.5 Å². The molecule has 0 aliphatic rings. The third-order valence-electron chi connectivity index (χ3n) is 2.30. The fourth-order valence-electron chi connectivity index (χ4n) is 1.43. The predicted octanol–water partition coefficient (Wildman–Crippen LogP) is 3.69. The Hall–Kier alpha value is -1.03. The lowest BCUT2D eigenvalue weighted by Crippen LogP contribution is -1.90. The average molecular weight is 266 g/mol. The summed E-state index contributed by atoms with van der Waals surface area (Å²) < 4.78 is 0. The van der Waals surface area contributed by atoms with Crippen LogP contribution in [-0.2, 0) is 6.61 Å². The number of rotatable bonds is 3. The van der Waals surface area contributed by atoms with E-state index < -0.39 is 0 Å². The summed E-state index contributed by atoms with van der Waals surface area (Å²) in [6, 6.07) is 9.61. The maximum atomic E-state index is 9.01. The quantitative estimate of drug-likeness (QED) is 0.919. The molecule has 0 fully saturated rings. The first-order valence-electron chi connectivity index (χ1n) is 5.19. The van der Waals surface area contributed by atoms with Crippen molar-refractivity contribution in [1.29, 1.82) is 0 Å². The summed E-state index contributed by atoms with van der Waals surface area (Å²) in [6.07, 6.45) is 1.70. The average Bonchev–Trinajstić information content (AvgIpc) is 2.34. The van der Waals surface area contributed by atoms with Crippen molar-refractivity contribution < 1.29 is 5.11 Å². The summed E-state index contributed by atoms with van der Waals surface area (Å²) in [7, 11) is 0. The Labute approximate surface area is 110 Å². The van der Waals surface area contributed by atoms with Crippen LogP contribution in [0, 0.1) is 6.92 Å². The number of nitrogens with zero attached hydrogens (tertiary/aromatic N) is 1. The van der Waals surface area contributed by atoms with E-state index in [4.69, 9.17) is 16.7 Å². The summed E-state index contributed by atoms with van der Waals surface area (Å²) in [6.45, 7) is 2.02. The number of benzene rings is 1. The van der Waals surface area contributed by atoms with Crippen molar-refractivity contribution in [1.82, 2.24) is 4.98 Å². The Balaban J connectivity index is 2.21. The molecule has 1 aromatic carbocycles. The number of aryl methyl sites for hydroxylation is 1. The zero-order chi connectivity index (χ0) is 12.3. The van der Waals surface area contributed by atoms with Crippen LogP contribution >= 0.6 is 23.4 Å². The number of hydrogen-bond acceptors (Lipinski definition) is 3. The zero-order valence-electron chi connectivity index (χ0n) is 9.35. The molecule has 0 radical (unpaired) electrons. The Kier molecular flexibility index (Phi) is 4.05. The highest BCUT2D eigenvalue weighted by Crippen LogP contribution is 2.29. The number of aliphatic hydroxyl groups excluding tert-OH is 1. The lowest BCUT2D eigenvalue weighted by molar-refractivity contribution is 0.281. The van der Waals surface area contributed by atoms with Crippen molar-refractivity contribution in [3.63, 3.8) is 0 Å². The fraction of sp³-hybridized carbons (Fsp3) is 0.154. The molecule has 17 heavy (non-hydrogen) atoms. The maximum Gasteiger partial charge on any atom is 0.104 e. The predicted molar refractivity (Wildman–Crippen MR) is 70.5 cm³/mol. The van der Waals surface area contributed by atoms with E-state index >= 15 is 0 Å². The highest BCUT2D eigenvalue weighted by Gasteiger charge is 2.04. The molecule has 0 saturated carbocycles. The van der Waals surface area contributed by atoms with Crippen LogP contribution in [-0.4, -0.2) is 10.1 Å². The molecule has 0 atom stereocenters. The number of pyridine rings is 1. The van der Waals surface area contributed by atoms with Crippen LogP contribution in [0.3, 0.4) is 0 Å². The number of aliphatic hydroxyl groups is 1. The minimum atomic E-state index is 0.0275. The molecule has 0 spiro atoms. The Morgan fingerprint density at radius 2 is 2.00 bits per heavy atom. The van der Waals surface area contributed by atoms with Gasteiger partial charge in [-0.1, -0.05) is 23.4 Å². The largest absolute Gasteiger partial charge is 0.392 e. The molecular weight excluding hydrogens is 254 g/mol. The third-order valence-corrected chi connectivity index (χ3v) is 3.68. The lowest BCUT2D eigenvalue weighted by Gasteiger charge is -2.06. The molecule has 1 heterocycles. The van der Waals surface area contributed by atoms with Crippen molar-refractivity contribution in [2.75, 3.05) is 0 Å². The number of halogens is 1. The van der Waals surface area contributed by atoms with Crippen LogP contribution in [0.25, 0.3) is 0 Å². The molecule has 1 N–H and O–H groups in total. The van der Waals surface area contributed by atoms with E-state index in [0.29, 0.717) is 0 Å². The van der Waals surface area contributed by atoms with E-state index in [1.807, 2.05) is 37.3 Å². The van der Waals surface area contributed by atoms with Gasteiger partial charge in [0.1, 0.15) is 5.03 Å². The van der Waals surface area contributed by atoms with Crippen LogP contribution in [0.4, 0.5) is 0 Å².